The van der Waals surface area contributed by atoms with Crippen molar-refractivity contribution in [3.63, 3.8) is 0 Å². The number of hydrogen-bond acceptors (Lipinski definition) is 15. The number of carbonyl (C=O) groups excluding carboxylic acids is 4. The van der Waals surface area contributed by atoms with E-state index in [-0.39, 0.29) is 25.7 Å². The summed E-state index contributed by atoms with van der Waals surface area (Å²) in [6.45, 7) is 9.70. The quantitative estimate of drug-likeness (QED) is 0.0222. The summed E-state index contributed by atoms with van der Waals surface area (Å²) in [7, 11) is -9.93. The third kappa shape index (κ3) is 78.7. The lowest BCUT2D eigenvalue weighted by Crippen LogP contribution is -2.30. The fourth-order valence-corrected chi connectivity index (χ4v) is 15.1. The van der Waals surface area contributed by atoms with Crippen molar-refractivity contribution in [2.24, 2.45) is 11.8 Å². The van der Waals surface area contributed by atoms with Crippen LogP contribution in [-0.2, 0) is 65.4 Å². The van der Waals surface area contributed by atoms with E-state index in [1.165, 1.54) is 283 Å². The van der Waals surface area contributed by atoms with Crippen LogP contribution in [0.5, 0.6) is 0 Å². The lowest BCUT2D eigenvalue weighted by atomic mass is 9.99. The van der Waals surface area contributed by atoms with E-state index in [1.807, 2.05) is 0 Å². The minimum atomic E-state index is -4.97. The summed E-state index contributed by atoms with van der Waals surface area (Å²) in [5.41, 5.74) is 0. The Bertz CT molecular complexity index is 2030. The summed E-state index contributed by atoms with van der Waals surface area (Å²) in [6.07, 6.45) is 70.8. The molecule has 0 aliphatic carbocycles. The SMILES string of the molecule is CCCCCCCCCCCCCCCCCCCCCCCCC(=O)O[C@H](COC(=O)CCCCCCCCCCCCCCCC(C)C)COP(=O)(O)OC[C@@H](O)COP(=O)(O)OC[C@@H](COC(=O)CCCCCCCCCCC(C)CC)OC(=O)CCCCCCCCCCCCCCCCCC. The molecule has 0 aromatic carbocycles. The molecule has 0 aliphatic rings. The summed E-state index contributed by atoms with van der Waals surface area (Å²) in [5.74, 6) is -0.532. The second-order valence-electron chi connectivity index (χ2n) is 32.0. The molecule has 19 heteroatoms. The molecule has 0 aliphatic heterocycles. The van der Waals surface area contributed by atoms with E-state index in [2.05, 4.69) is 41.5 Å². The number of phosphoric acid groups is 2. The minimum absolute atomic E-state index is 0.108. The number of rotatable bonds is 86. The first kappa shape index (κ1) is 104. The van der Waals surface area contributed by atoms with Crippen LogP contribution in [0.1, 0.15) is 465 Å². The van der Waals surface area contributed by atoms with Gasteiger partial charge in [0.05, 0.1) is 26.4 Å². The molecule has 0 amide bonds. The molecule has 106 heavy (non-hydrogen) atoms. The second-order valence-corrected chi connectivity index (χ2v) is 34.9. The molecule has 0 spiro atoms. The van der Waals surface area contributed by atoms with E-state index >= 15 is 0 Å². The second kappa shape index (κ2) is 78.3. The first-order valence-electron chi connectivity index (χ1n) is 45.0. The Hall–Kier alpha value is -1.94. The van der Waals surface area contributed by atoms with E-state index in [9.17, 15) is 43.2 Å². The molecule has 630 valence electrons. The molecule has 6 atom stereocenters. The lowest BCUT2D eigenvalue weighted by molar-refractivity contribution is -0.161. The molecule has 0 rings (SSSR count). The smallest absolute Gasteiger partial charge is 0.462 e. The number of phosphoric ester groups is 2. The lowest BCUT2D eigenvalue weighted by Gasteiger charge is -2.21. The van der Waals surface area contributed by atoms with Crippen LogP contribution >= 0.6 is 15.6 Å². The van der Waals surface area contributed by atoms with Crippen molar-refractivity contribution < 1.29 is 80.2 Å². The van der Waals surface area contributed by atoms with E-state index in [1.54, 1.807) is 0 Å². The van der Waals surface area contributed by atoms with E-state index in [0.717, 1.165) is 102 Å². The maximum absolute atomic E-state index is 13.2. The number of aliphatic hydroxyl groups excluding tert-OH is 1. The maximum atomic E-state index is 13.2. The molecule has 0 saturated carbocycles. The molecular formula is C87H170O17P2. The van der Waals surface area contributed by atoms with Gasteiger partial charge in [0.1, 0.15) is 19.3 Å². The van der Waals surface area contributed by atoms with Crippen LogP contribution in [-0.4, -0.2) is 96.7 Å². The van der Waals surface area contributed by atoms with Crippen LogP contribution < -0.4 is 0 Å². The Labute approximate surface area is 651 Å². The van der Waals surface area contributed by atoms with Crippen LogP contribution in [0.3, 0.4) is 0 Å². The van der Waals surface area contributed by atoms with Gasteiger partial charge in [-0.1, -0.05) is 414 Å². The first-order valence-corrected chi connectivity index (χ1v) is 48.0. The number of unbranched alkanes of at least 4 members (excludes halogenated alkanes) is 55. The zero-order chi connectivity index (χ0) is 77.8. The zero-order valence-corrected chi connectivity index (χ0v) is 71.5. The number of esters is 4. The summed E-state index contributed by atoms with van der Waals surface area (Å²) in [5, 5.41) is 10.7. The number of aliphatic hydroxyl groups is 1. The normalized spacial score (nSPS) is 14.1. The van der Waals surface area contributed by atoms with Gasteiger partial charge < -0.3 is 33.8 Å². The van der Waals surface area contributed by atoms with Crippen molar-refractivity contribution in [3.05, 3.63) is 0 Å². The van der Waals surface area contributed by atoms with Gasteiger partial charge in [-0.15, -0.1) is 0 Å². The van der Waals surface area contributed by atoms with Crippen LogP contribution in [0.15, 0.2) is 0 Å². The van der Waals surface area contributed by atoms with Gasteiger partial charge in [-0.2, -0.15) is 0 Å². The monoisotopic (exact) mass is 1550 g/mol. The van der Waals surface area contributed by atoms with Crippen LogP contribution in [0, 0.1) is 11.8 Å². The Morgan fingerprint density at radius 1 is 0.274 bits per heavy atom. The Morgan fingerprint density at radius 3 is 0.717 bits per heavy atom. The molecule has 0 heterocycles. The van der Waals surface area contributed by atoms with Gasteiger partial charge >= 0.3 is 39.5 Å². The van der Waals surface area contributed by atoms with Gasteiger partial charge in [0.25, 0.3) is 0 Å². The van der Waals surface area contributed by atoms with Crippen molar-refractivity contribution in [1.29, 1.82) is 0 Å². The summed E-state index contributed by atoms with van der Waals surface area (Å²) < 4.78 is 69.0. The fourth-order valence-electron chi connectivity index (χ4n) is 13.6. The molecule has 0 saturated heterocycles. The van der Waals surface area contributed by atoms with Crippen molar-refractivity contribution >= 4 is 39.5 Å². The Kier molecular flexibility index (Phi) is 76.9. The van der Waals surface area contributed by atoms with E-state index in [0.29, 0.717) is 25.7 Å². The molecule has 0 aromatic rings. The average Bonchev–Trinajstić information content (AvgIpc) is 0.900. The molecule has 0 aromatic heterocycles. The zero-order valence-electron chi connectivity index (χ0n) is 69.7. The Balaban J connectivity index is 5.24. The van der Waals surface area contributed by atoms with Crippen LogP contribution in [0.2, 0.25) is 0 Å². The van der Waals surface area contributed by atoms with Crippen molar-refractivity contribution in [1.82, 2.24) is 0 Å². The van der Waals surface area contributed by atoms with Gasteiger partial charge in [0.15, 0.2) is 12.2 Å². The van der Waals surface area contributed by atoms with Gasteiger partial charge in [0, 0.05) is 25.7 Å². The third-order valence-electron chi connectivity index (χ3n) is 20.8. The van der Waals surface area contributed by atoms with Gasteiger partial charge in [-0.25, -0.2) is 9.13 Å². The number of carbonyl (C=O) groups is 4. The third-order valence-corrected chi connectivity index (χ3v) is 22.7. The highest BCUT2D eigenvalue weighted by molar-refractivity contribution is 7.47. The first-order chi connectivity index (χ1) is 51.4. The number of hydrogen-bond donors (Lipinski definition) is 3. The average molecular weight is 1550 g/mol. The summed E-state index contributed by atoms with van der Waals surface area (Å²) in [4.78, 5) is 73.3. The van der Waals surface area contributed by atoms with Crippen LogP contribution in [0.4, 0.5) is 0 Å². The largest absolute Gasteiger partial charge is 0.472 e. The molecule has 0 radical (unpaired) electrons. The molecule has 0 bridgehead atoms. The molecular weight excluding hydrogens is 1380 g/mol. The van der Waals surface area contributed by atoms with Gasteiger partial charge in [-0.3, -0.25) is 37.3 Å². The number of ether oxygens (including phenoxy) is 4. The standard InChI is InChI=1S/C87H170O17P2/c1-7-10-12-14-16-18-20-22-24-26-27-28-29-30-31-33-37-42-46-54-60-66-72-86(91)103-82(75-97-84(89)69-63-57-51-44-40-38-34-35-39-43-49-55-61-67-79(4)5)77-101-105(93,94)99-73-81(88)74-100-106(95,96)102-78-83(76-98-85(90)70-64-58-52-48-47-50-56-62-68-80(6)9-3)104-87(92)71-65-59-53-45-41-36-32-25-23-21-19-17-15-13-11-8-2/h79-83,88H,7-78H2,1-6H3,(H,93,94)(H,95,96)/t80?,81-,82-,83-/m1/s1. The molecule has 3 N–H and O–H groups in total. The van der Waals surface area contributed by atoms with E-state index < -0.39 is 97.5 Å². The highest BCUT2D eigenvalue weighted by Crippen LogP contribution is 2.45. The minimum Gasteiger partial charge on any atom is -0.462 e. The molecule has 17 nitrogen and oxygen atoms in total. The topological polar surface area (TPSA) is 237 Å². The Morgan fingerprint density at radius 2 is 0.481 bits per heavy atom. The summed E-state index contributed by atoms with van der Waals surface area (Å²) >= 11 is 0. The van der Waals surface area contributed by atoms with E-state index in [4.69, 9.17) is 37.0 Å². The summed E-state index contributed by atoms with van der Waals surface area (Å²) in [6, 6.07) is 0. The van der Waals surface area contributed by atoms with Crippen molar-refractivity contribution in [2.75, 3.05) is 39.6 Å². The predicted octanol–water partition coefficient (Wildman–Crippen LogP) is 26.6. The van der Waals surface area contributed by atoms with Gasteiger partial charge in [0.2, 0.25) is 0 Å². The fraction of sp³-hybridized carbons (Fsp3) is 0.954. The maximum Gasteiger partial charge on any atom is 0.472 e. The van der Waals surface area contributed by atoms with Gasteiger partial charge in [-0.05, 0) is 37.5 Å². The highest BCUT2D eigenvalue weighted by Gasteiger charge is 2.30. The highest BCUT2D eigenvalue weighted by atomic mass is 31.2. The van der Waals surface area contributed by atoms with Crippen molar-refractivity contribution in [3.8, 4) is 0 Å². The molecule has 0 fully saturated rings. The van der Waals surface area contributed by atoms with Crippen LogP contribution in [0.25, 0.3) is 0 Å². The molecule has 3 unspecified atom stereocenters. The predicted molar refractivity (Wildman–Crippen MR) is 437 cm³/mol. The van der Waals surface area contributed by atoms with Crippen molar-refractivity contribution in [2.45, 2.75) is 484 Å².